The second-order valence-corrected chi connectivity index (χ2v) is 6.04. The number of hydrogen-bond acceptors (Lipinski definition) is 5. The zero-order chi connectivity index (χ0) is 15.6. The summed E-state index contributed by atoms with van der Waals surface area (Å²) in [7, 11) is 0. The summed E-state index contributed by atoms with van der Waals surface area (Å²) in [6.45, 7) is 1.82. The van der Waals surface area contributed by atoms with Gasteiger partial charge in [-0.3, -0.25) is 0 Å². The summed E-state index contributed by atoms with van der Waals surface area (Å²) in [5, 5.41) is 12.8. The molecule has 1 N–H and O–H groups in total. The van der Waals surface area contributed by atoms with Crippen molar-refractivity contribution in [2.75, 3.05) is 13.1 Å². The Hall–Kier alpha value is -1.38. The number of hydrogen-bond donors (Lipinski definition) is 1. The van der Waals surface area contributed by atoms with Crippen molar-refractivity contribution in [1.29, 1.82) is 0 Å². The van der Waals surface area contributed by atoms with E-state index in [1.165, 1.54) is 23.5 Å². The minimum absolute atomic E-state index is 0. The number of halogens is 4. The molecule has 1 aromatic heterocycles. The average molecular weight is 366 g/mol. The van der Waals surface area contributed by atoms with E-state index in [9.17, 15) is 13.2 Å². The van der Waals surface area contributed by atoms with E-state index in [1.807, 2.05) is 0 Å². The molecule has 126 valence electrons. The van der Waals surface area contributed by atoms with E-state index in [2.05, 4.69) is 20.3 Å². The smallest absolute Gasteiger partial charge is 0.405 e. The van der Waals surface area contributed by atoms with Crippen LogP contribution in [0.5, 0.6) is 5.75 Å². The van der Waals surface area contributed by atoms with Gasteiger partial charge >= 0.3 is 6.36 Å². The van der Waals surface area contributed by atoms with Gasteiger partial charge in [0.1, 0.15) is 10.8 Å². The normalized spacial score (nSPS) is 18.3. The minimum atomic E-state index is -4.73. The maximum atomic E-state index is 12.5. The third-order valence-corrected chi connectivity index (χ3v) is 4.55. The summed E-state index contributed by atoms with van der Waals surface area (Å²) in [4.78, 5) is 0. The van der Waals surface area contributed by atoms with Crippen LogP contribution in [0.25, 0.3) is 10.6 Å². The largest absolute Gasteiger partial charge is 0.573 e. The zero-order valence-corrected chi connectivity index (χ0v) is 13.6. The van der Waals surface area contributed by atoms with Crippen molar-refractivity contribution >= 4 is 23.7 Å². The van der Waals surface area contributed by atoms with Crippen molar-refractivity contribution in [2.45, 2.75) is 25.1 Å². The number of rotatable bonds is 3. The Morgan fingerprint density at radius 1 is 1.22 bits per heavy atom. The molecule has 4 nitrogen and oxygen atoms in total. The maximum Gasteiger partial charge on any atom is 0.573 e. The first-order valence-corrected chi connectivity index (χ1v) is 7.74. The number of nitrogens with zero attached hydrogens (tertiary/aromatic N) is 2. The van der Waals surface area contributed by atoms with E-state index < -0.39 is 6.36 Å². The Morgan fingerprint density at radius 3 is 2.70 bits per heavy atom. The van der Waals surface area contributed by atoms with Gasteiger partial charge in [-0.2, -0.15) is 0 Å². The third-order valence-electron chi connectivity index (χ3n) is 3.43. The lowest BCUT2D eigenvalue weighted by atomic mass is 10.0. The summed E-state index contributed by atoms with van der Waals surface area (Å²) in [6, 6.07) is 6.00. The molecule has 0 spiro atoms. The Morgan fingerprint density at radius 2 is 2.00 bits per heavy atom. The van der Waals surface area contributed by atoms with E-state index in [4.69, 9.17) is 0 Å². The Bertz CT molecular complexity index is 644. The molecule has 1 unspecified atom stereocenters. The Kier molecular flexibility index (Phi) is 5.83. The molecule has 0 amide bonds. The van der Waals surface area contributed by atoms with Crippen LogP contribution >= 0.6 is 23.7 Å². The van der Waals surface area contributed by atoms with Crippen LogP contribution in [0.3, 0.4) is 0 Å². The monoisotopic (exact) mass is 365 g/mol. The molecule has 3 rings (SSSR count). The lowest BCUT2D eigenvalue weighted by molar-refractivity contribution is -0.274. The lowest BCUT2D eigenvalue weighted by Gasteiger charge is -2.19. The number of piperidine rings is 1. The van der Waals surface area contributed by atoms with Gasteiger partial charge in [-0.05, 0) is 31.5 Å². The van der Waals surface area contributed by atoms with Crippen LogP contribution in [-0.4, -0.2) is 29.6 Å². The Balaban J connectivity index is 0.00000192. The highest BCUT2D eigenvalue weighted by Gasteiger charge is 2.32. The predicted molar refractivity (Wildman–Crippen MR) is 84.1 cm³/mol. The fourth-order valence-corrected chi connectivity index (χ4v) is 3.44. The van der Waals surface area contributed by atoms with Gasteiger partial charge in [-0.15, -0.1) is 35.8 Å². The molecule has 0 radical (unpaired) electrons. The summed E-state index contributed by atoms with van der Waals surface area (Å²) < 4.78 is 41.5. The number of para-hydroxylation sites is 1. The van der Waals surface area contributed by atoms with Crippen molar-refractivity contribution in [2.24, 2.45) is 0 Å². The van der Waals surface area contributed by atoms with Crippen molar-refractivity contribution < 1.29 is 17.9 Å². The first-order valence-electron chi connectivity index (χ1n) is 6.92. The SMILES string of the molecule is Cl.FC(F)(F)Oc1ccccc1-c1nnc(C2CCCNC2)s1. The molecule has 0 saturated carbocycles. The highest BCUT2D eigenvalue weighted by molar-refractivity contribution is 7.14. The van der Waals surface area contributed by atoms with Crippen LogP contribution in [0.15, 0.2) is 24.3 Å². The summed E-state index contributed by atoms with van der Waals surface area (Å²) in [5.41, 5.74) is 0.312. The molecule has 1 saturated heterocycles. The second-order valence-electron chi connectivity index (χ2n) is 5.03. The molecule has 0 bridgehead atoms. The van der Waals surface area contributed by atoms with Crippen LogP contribution in [-0.2, 0) is 0 Å². The van der Waals surface area contributed by atoms with E-state index in [1.54, 1.807) is 12.1 Å². The molecule has 1 atom stereocenters. The van der Waals surface area contributed by atoms with Gasteiger partial charge in [0.15, 0.2) is 5.01 Å². The standard InChI is InChI=1S/C14H14F3N3OS.ClH/c15-14(16,17)21-11-6-2-1-5-10(11)13-20-19-12(22-13)9-4-3-7-18-8-9;/h1-2,5-6,9,18H,3-4,7-8H2;1H. The van der Waals surface area contributed by atoms with E-state index in [0.717, 1.165) is 30.9 Å². The van der Waals surface area contributed by atoms with Gasteiger partial charge in [-0.1, -0.05) is 23.5 Å². The number of aromatic nitrogens is 2. The summed E-state index contributed by atoms with van der Waals surface area (Å²) >= 11 is 1.32. The lowest BCUT2D eigenvalue weighted by Crippen LogP contribution is -2.28. The van der Waals surface area contributed by atoms with Crippen molar-refractivity contribution in [3.63, 3.8) is 0 Å². The molecule has 1 aliphatic rings. The first-order chi connectivity index (χ1) is 10.5. The molecular formula is C14H15ClF3N3OS. The van der Waals surface area contributed by atoms with Gasteiger partial charge in [0.2, 0.25) is 0 Å². The summed E-state index contributed by atoms with van der Waals surface area (Å²) in [6.07, 6.45) is -2.65. The van der Waals surface area contributed by atoms with Crippen molar-refractivity contribution in [3.8, 4) is 16.3 Å². The molecule has 1 aliphatic heterocycles. The molecule has 1 fully saturated rings. The van der Waals surface area contributed by atoms with Gasteiger partial charge in [0.25, 0.3) is 0 Å². The van der Waals surface area contributed by atoms with Crippen LogP contribution in [0.2, 0.25) is 0 Å². The molecular weight excluding hydrogens is 351 g/mol. The minimum Gasteiger partial charge on any atom is -0.405 e. The Labute approximate surface area is 141 Å². The molecule has 1 aromatic carbocycles. The molecule has 2 heterocycles. The number of alkyl halides is 3. The zero-order valence-electron chi connectivity index (χ0n) is 12.0. The van der Waals surface area contributed by atoms with Crippen molar-refractivity contribution in [1.82, 2.24) is 15.5 Å². The van der Waals surface area contributed by atoms with Crippen LogP contribution < -0.4 is 10.1 Å². The number of ether oxygens (including phenoxy) is 1. The summed E-state index contributed by atoms with van der Waals surface area (Å²) in [5.74, 6) is 0.0233. The number of nitrogens with one attached hydrogen (secondary N) is 1. The first kappa shape index (κ1) is 18.0. The van der Waals surface area contributed by atoms with Gasteiger partial charge in [0, 0.05) is 12.5 Å². The average Bonchev–Trinajstić information content (AvgIpc) is 2.97. The highest BCUT2D eigenvalue weighted by Crippen LogP contribution is 2.37. The quantitative estimate of drug-likeness (QED) is 0.893. The highest BCUT2D eigenvalue weighted by atomic mass is 35.5. The fourth-order valence-electron chi connectivity index (χ4n) is 2.43. The van der Waals surface area contributed by atoms with Crippen LogP contribution in [0.1, 0.15) is 23.8 Å². The predicted octanol–water partition coefficient (Wildman–Crippen LogP) is 3.99. The van der Waals surface area contributed by atoms with Gasteiger partial charge in [-0.25, -0.2) is 0 Å². The molecule has 0 aliphatic carbocycles. The van der Waals surface area contributed by atoms with E-state index >= 15 is 0 Å². The number of benzene rings is 1. The topological polar surface area (TPSA) is 47.0 Å². The van der Waals surface area contributed by atoms with Gasteiger partial charge in [0.05, 0.1) is 5.56 Å². The third kappa shape index (κ3) is 4.55. The van der Waals surface area contributed by atoms with Crippen LogP contribution in [0, 0.1) is 0 Å². The molecule has 2 aromatic rings. The maximum absolute atomic E-state index is 12.5. The second kappa shape index (κ2) is 7.46. The van der Waals surface area contributed by atoms with Gasteiger partial charge < -0.3 is 10.1 Å². The van der Waals surface area contributed by atoms with E-state index in [0.29, 0.717) is 10.6 Å². The van der Waals surface area contributed by atoms with E-state index in [-0.39, 0.29) is 24.1 Å². The fraction of sp³-hybridized carbons (Fsp3) is 0.429. The molecule has 23 heavy (non-hydrogen) atoms. The van der Waals surface area contributed by atoms with Crippen molar-refractivity contribution in [3.05, 3.63) is 29.3 Å². The molecule has 9 heteroatoms. The van der Waals surface area contributed by atoms with Crippen LogP contribution in [0.4, 0.5) is 13.2 Å².